The van der Waals surface area contributed by atoms with Gasteiger partial charge in [0.1, 0.15) is 6.17 Å². The zero-order valence-corrected chi connectivity index (χ0v) is 17.4. The average molecular weight is 339 g/mol. The summed E-state index contributed by atoms with van der Waals surface area (Å²) >= 11 is 0. The van der Waals surface area contributed by atoms with Crippen molar-refractivity contribution in [3.63, 3.8) is 0 Å². The lowest BCUT2D eigenvalue weighted by molar-refractivity contribution is 0.241. The molecular weight excluding hydrogens is 304 g/mol. The molecule has 0 atom stereocenters. The first kappa shape index (κ1) is 18.1. The van der Waals surface area contributed by atoms with Crippen LogP contribution in [-0.2, 0) is 0 Å². The molecule has 1 aliphatic rings. The van der Waals surface area contributed by atoms with Crippen LogP contribution in [0.5, 0.6) is 0 Å². The fourth-order valence-corrected chi connectivity index (χ4v) is 4.21. The fraction of sp³-hybridized carbons (Fsp3) is 0.565. The lowest BCUT2D eigenvalue weighted by Crippen LogP contribution is -2.61. The molecule has 2 aromatic carbocycles. The van der Waals surface area contributed by atoms with E-state index >= 15 is 0 Å². The van der Waals surface area contributed by atoms with Gasteiger partial charge in [0, 0.05) is 16.5 Å². The maximum absolute atomic E-state index is 2.64. The predicted octanol–water partition coefficient (Wildman–Crippen LogP) is 6.44. The Morgan fingerprint density at radius 1 is 0.640 bits per heavy atom. The molecule has 136 valence electrons. The summed E-state index contributed by atoms with van der Waals surface area (Å²) in [4.78, 5) is 5.28. The van der Waals surface area contributed by atoms with Gasteiger partial charge in [-0.3, -0.25) is 0 Å². The summed E-state index contributed by atoms with van der Waals surface area (Å²) in [7, 11) is 0. The van der Waals surface area contributed by atoms with Crippen molar-refractivity contribution >= 4 is 22.1 Å². The molecule has 0 radical (unpaired) electrons. The van der Waals surface area contributed by atoms with Gasteiger partial charge in [-0.15, -0.1) is 0 Å². The van der Waals surface area contributed by atoms with E-state index in [4.69, 9.17) is 0 Å². The van der Waals surface area contributed by atoms with Crippen LogP contribution >= 0.6 is 0 Å². The van der Waals surface area contributed by atoms with Crippen molar-refractivity contribution in [3.05, 3.63) is 36.4 Å². The Hall–Kier alpha value is -1.70. The Bertz CT molecular complexity index is 724. The number of anilines is 2. The Kier molecular flexibility index (Phi) is 3.91. The molecule has 2 nitrogen and oxygen atoms in total. The lowest BCUT2D eigenvalue weighted by atomic mass is 9.86. The van der Waals surface area contributed by atoms with Crippen molar-refractivity contribution < 1.29 is 0 Å². The van der Waals surface area contributed by atoms with Gasteiger partial charge in [0.2, 0.25) is 0 Å². The van der Waals surface area contributed by atoms with Crippen LogP contribution in [0.2, 0.25) is 0 Å². The summed E-state index contributed by atoms with van der Waals surface area (Å²) in [5.41, 5.74) is 2.96. The molecule has 0 unspecified atom stereocenters. The molecule has 3 rings (SSSR count). The average Bonchev–Trinajstić information content (AvgIpc) is 2.78. The van der Waals surface area contributed by atoms with E-state index in [2.05, 4.69) is 109 Å². The second-order valence-electron chi connectivity index (χ2n) is 10.5. The van der Waals surface area contributed by atoms with Crippen LogP contribution in [0.25, 0.3) is 10.8 Å². The highest BCUT2D eigenvalue weighted by atomic mass is 15.5. The van der Waals surface area contributed by atoms with Crippen molar-refractivity contribution in [2.45, 2.75) is 79.6 Å². The van der Waals surface area contributed by atoms with Crippen molar-refractivity contribution in [1.29, 1.82) is 0 Å². The van der Waals surface area contributed by atoms with Crippen LogP contribution in [0.1, 0.15) is 62.3 Å². The summed E-state index contributed by atoms with van der Waals surface area (Å²) in [5, 5.41) is 2.64. The number of rotatable bonds is 0. The largest absolute Gasteiger partial charge is 0.344 e. The second-order valence-corrected chi connectivity index (χ2v) is 10.5. The molecule has 0 aromatic heterocycles. The summed E-state index contributed by atoms with van der Waals surface area (Å²) in [6.07, 6.45) is 0.319. The van der Waals surface area contributed by atoms with Crippen LogP contribution in [0.4, 0.5) is 11.4 Å². The van der Waals surface area contributed by atoms with Gasteiger partial charge in [-0.1, -0.05) is 45.0 Å². The molecule has 2 aromatic rings. The van der Waals surface area contributed by atoms with Crippen molar-refractivity contribution in [1.82, 2.24) is 0 Å². The highest BCUT2D eigenvalue weighted by Crippen LogP contribution is 2.52. The van der Waals surface area contributed by atoms with Crippen molar-refractivity contribution in [2.75, 3.05) is 9.80 Å². The van der Waals surface area contributed by atoms with Crippen LogP contribution < -0.4 is 9.80 Å². The predicted molar refractivity (Wildman–Crippen MR) is 112 cm³/mol. The van der Waals surface area contributed by atoms with E-state index in [0.717, 1.165) is 0 Å². The minimum Gasteiger partial charge on any atom is -0.344 e. The molecule has 0 spiro atoms. The van der Waals surface area contributed by atoms with Gasteiger partial charge in [-0.2, -0.15) is 0 Å². The van der Waals surface area contributed by atoms with Crippen LogP contribution in [0.3, 0.4) is 0 Å². The first-order valence-electron chi connectivity index (χ1n) is 9.43. The number of fused-ring (bicyclic) bond motifs is 2. The molecule has 0 saturated carbocycles. The smallest absolute Gasteiger partial charge is 0.107 e. The number of hydrogen-bond donors (Lipinski definition) is 0. The Morgan fingerprint density at radius 3 is 1.28 bits per heavy atom. The van der Waals surface area contributed by atoms with Gasteiger partial charge in [0.15, 0.2) is 0 Å². The minimum atomic E-state index is 0.0507. The fourth-order valence-electron chi connectivity index (χ4n) is 4.21. The highest BCUT2D eigenvalue weighted by molar-refractivity contribution is 5.95. The SMILES string of the molecule is CC(C)(C)C1N(C(C)(C)C)c2cc3ccccc3cc2N1C(C)(C)C. The van der Waals surface area contributed by atoms with Gasteiger partial charge in [-0.25, -0.2) is 0 Å². The topological polar surface area (TPSA) is 6.48 Å². The molecule has 1 heterocycles. The quantitative estimate of drug-likeness (QED) is 0.545. The first-order valence-corrected chi connectivity index (χ1v) is 9.43. The molecule has 0 saturated heterocycles. The number of nitrogens with zero attached hydrogens (tertiary/aromatic N) is 2. The van der Waals surface area contributed by atoms with E-state index in [0.29, 0.717) is 6.17 Å². The lowest BCUT2D eigenvalue weighted by Gasteiger charge is -2.51. The maximum atomic E-state index is 2.64. The van der Waals surface area contributed by atoms with E-state index in [-0.39, 0.29) is 16.5 Å². The Morgan fingerprint density at radius 2 is 1.00 bits per heavy atom. The Labute approximate surface area is 153 Å². The van der Waals surface area contributed by atoms with Crippen LogP contribution in [-0.4, -0.2) is 17.2 Å². The molecule has 0 N–H and O–H groups in total. The summed E-state index contributed by atoms with van der Waals surface area (Å²) in [5.74, 6) is 0. The highest BCUT2D eigenvalue weighted by Gasteiger charge is 2.49. The monoisotopic (exact) mass is 338 g/mol. The molecule has 2 heteroatoms. The summed E-state index contributed by atoms with van der Waals surface area (Å²) in [6.45, 7) is 21.1. The third kappa shape index (κ3) is 3.01. The molecule has 0 amide bonds. The molecule has 0 bridgehead atoms. The van der Waals surface area contributed by atoms with E-state index in [1.807, 2.05) is 0 Å². The van der Waals surface area contributed by atoms with E-state index in [9.17, 15) is 0 Å². The van der Waals surface area contributed by atoms with Gasteiger partial charge in [0.25, 0.3) is 0 Å². The van der Waals surface area contributed by atoms with Gasteiger partial charge < -0.3 is 9.80 Å². The van der Waals surface area contributed by atoms with E-state index < -0.39 is 0 Å². The molecule has 0 aliphatic carbocycles. The Balaban J connectivity index is 2.35. The van der Waals surface area contributed by atoms with Crippen molar-refractivity contribution in [3.8, 4) is 0 Å². The second kappa shape index (κ2) is 5.40. The first-order chi connectivity index (χ1) is 11.3. The summed E-state index contributed by atoms with van der Waals surface area (Å²) in [6, 6.07) is 13.5. The van der Waals surface area contributed by atoms with Crippen LogP contribution in [0.15, 0.2) is 36.4 Å². The van der Waals surface area contributed by atoms with Crippen LogP contribution in [0, 0.1) is 5.41 Å². The summed E-state index contributed by atoms with van der Waals surface area (Å²) < 4.78 is 0. The van der Waals surface area contributed by atoms with E-state index in [1.54, 1.807) is 0 Å². The zero-order chi connectivity index (χ0) is 18.8. The number of hydrogen-bond acceptors (Lipinski definition) is 2. The zero-order valence-electron chi connectivity index (χ0n) is 17.4. The van der Waals surface area contributed by atoms with E-state index in [1.165, 1.54) is 22.1 Å². The third-order valence-electron chi connectivity index (χ3n) is 5.07. The van der Waals surface area contributed by atoms with Gasteiger partial charge >= 0.3 is 0 Å². The van der Waals surface area contributed by atoms with Gasteiger partial charge in [-0.05, 0) is 64.4 Å². The normalized spacial score (nSPS) is 16.7. The molecule has 0 fully saturated rings. The minimum absolute atomic E-state index is 0.0507. The maximum Gasteiger partial charge on any atom is 0.107 e. The van der Waals surface area contributed by atoms with Gasteiger partial charge in [0.05, 0.1) is 11.4 Å². The molecule has 1 aliphatic heterocycles. The third-order valence-corrected chi connectivity index (χ3v) is 5.07. The molecule has 25 heavy (non-hydrogen) atoms. The number of benzene rings is 2. The molecular formula is C23H34N2. The van der Waals surface area contributed by atoms with Crippen molar-refractivity contribution in [2.24, 2.45) is 5.41 Å². The standard InChI is InChI=1S/C23H34N2/c1-21(2,3)20-24(22(4,5)6)18-14-16-12-10-11-13-17(16)15-19(18)25(20)23(7,8)9/h10-15,20H,1-9H3.